The van der Waals surface area contributed by atoms with Gasteiger partial charge in [-0.2, -0.15) is 0 Å². The Labute approximate surface area is 191 Å². The molecule has 8 nitrogen and oxygen atoms in total. The Hall–Kier alpha value is -3.81. The Morgan fingerprint density at radius 3 is 2.45 bits per heavy atom. The first-order valence-corrected chi connectivity index (χ1v) is 11.1. The molecule has 1 saturated carbocycles. The van der Waals surface area contributed by atoms with Gasteiger partial charge in [0.15, 0.2) is 5.65 Å². The second-order valence-corrected chi connectivity index (χ2v) is 8.91. The van der Waals surface area contributed by atoms with Crippen LogP contribution in [-0.2, 0) is 4.79 Å². The van der Waals surface area contributed by atoms with Crippen LogP contribution in [0.25, 0.3) is 33.8 Å². The van der Waals surface area contributed by atoms with E-state index in [0.29, 0.717) is 31.6 Å². The van der Waals surface area contributed by atoms with Crippen molar-refractivity contribution in [3.8, 4) is 28.5 Å². The number of fused-ring (bicyclic) bond motifs is 1. The lowest BCUT2D eigenvalue weighted by Crippen LogP contribution is -2.36. The largest absolute Gasteiger partial charge is 0.481 e. The van der Waals surface area contributed by atoms with Gasteiger partial charge >= 0.3 is 5.97 Å². The average Bonchev–Trinajstić information content (AvgIpc) is 3.24. The van der Waals surface area contributed by atoms with Gasteiger partial charge in [-0.25, -0.2) is 15.0 Å². The number of carbonyl (C=O) groups is 1. The predicted octanol–water partition coefficient (Wildman–Crippen LogP) is 4.80. The summed E-state index contributed by atoms with van der Waals surface area (Å²) in [5.41, 5.74) is 4.45. The Bertz CT molecular complexity index is 1290. The summed E-state index contributed by atoms with van der Waals surface area (Å²) >= 11 is 0. The van der Waals surface area contributed by atoms with E-state index in [1.165, 1.54) is 0 Å². The van der Waals surface area contributed by atoms with Crippen LogP contribution in [-0.4, -0.2) is 42.1 Å². The first-order chi connectivity index (χ1) is 15.9. The van der Waals surface area contributed by atoms with Gasteiger partial charge in [-0.05, 0) is 69.9 Å². The van der Waals surface area contributed by atoms with Gasteiger partial charge in [-0.1, -0.05) is 0 Å². The van der Waals surface area contributed by atoms with Gasteiger partial charge < -0.3 is 14.8 Å². The van der Waals surface area contributed by atoms with E-state index in [1.54, 1.807) is 12.4 Å². The Kier molecular flexibility index (Phi) is 5.28. The molecule has 0 spiro atoms. The molecule has 1 fully saturated rings. The molecule has 5 rings (SSSR count). The minimum atomic E-state index is -0.728. The summed E-state index contributed by atoms with van der Waals surface area (Å²) in [5.74, 6) is 0.550. The molecular weight excluding hydrogens is 418 g/mol. The van der Waals surface area contributed by atoms with Crippen molar-refractivity contribution in [2.45, 2.75) is 45.6 Å². The molecule has 8 heteroatoms. The van der Waals surface area contributed by atoms with Crippen LogP contribution >= 0.6 is 0 Å². The Morgan fingerprint density at radius 2 is 1.79 bits per heavy atom. The highest BCUT2D eigenvalue weighted by atomic mass is 16.5. The molecule has 0 amide bonds. The van der Waals surface area contributed by atoms with Gasteiger partial charge in [0.1, 0.15) is 17.4 Å². The molecule has 4 heterocycles. The summed E-state index contributed by atoms with van der Waals surface area (Å²) in [6.07, 6.45) is 6.18. The summed E-state index contributed by atoms with van der Waals surface area (Å²) in [4.78, 5) is 32.7. The smallest absolute Gasteiger partial charge is 0.309 e. The molecule has 2 N–H and O–H groups in total. The maximum atomic E-state index is 11.4. The lowest BCUT2D eigenvalue weighted by Gasteiger charge is -2.33. The quantitative estimate of drug-likeness (QED) is 0.455. The number of carboxylic acid groups (broad SMARTS) is 1. The number of nitrogens with one attached hydrogen (secondary N) is 1. The molecule has 4 aromatic heterocycles. The molecule has 168 valence electrons. The van der Waals surface area contributed by atoms with E-state index in [9.17, 15) is 9.90 Å². The summed E-state index contributed by atoms with van der Waals surface area (Å²) < 4.78 is 5.99. The number of nitrogens with zero attached hydrogens (tertiary/aromatic N) is 4. The summed E-state index contributed by atoms with van der Waals surface area (Å²) in [7, 11) is 0. The van der Waals surface area contributed by atoms with Crippen molar-refractivity contribution in [1.29, 1.82) is 0 Å². The molecule has 1 aliphatic rings. The molecular formula is C25H25N5O3. The first kappa shape index (κ1) is 21.1. The predicted molar refractivity (Wildman–Crippen MR) is 124 cm³/mol. The zero-order valence-electron chi connectivity index (χ0n) is 18.6. The van der Waals surface area contributed by atoms with Crippen LogP contribution in [0, 0.1) is 12.3 Å². The van der Waals surface area contributed by atoms with E-state index in [1.807, 2.05) is 50.2 Å². The monoisotopic (exact) mass is 443 g/mol. The van der Waals surface area contributed by atoms with E-state index in [4.69, 9.17) is 4.74 Å². The van der Waals surface area contributed by atoms with Crippen LogP contribution in [0.15, 0.2) is 48.8 Å². The van der Waals surface area contributed by atoms with Crippen LogP contribution in [0.2, 0.25) is 0 Å². The van der Waals surface area contributed by atoms with Crippen LogP contribution < -0.4 is 4.74 Å². The minimum absolute atomic E-state index is 0.00438. The van der Waals surface area contributed by atoms with Crippen LogP contribution in [0.1, 0.15) is 38.3 Å². The number of hydrogen-bond acceptors (Lipinski definition) is 6. The van der Waals surface area contributed by atoms with Crippen molar-refractivity contribution in [1.82, 2.24) is 24.9 Å². The van der Waals surface area contributed by atoms with Crippen molar-refractivity contribution >= 4 is 17.1 Å². The molecule has 4 aromatic rings. The minimum Gasteiger partial charge on any atom is -0.481 e. The first-order valence-electron chi connectivity index (χ1n) is 11.1. The molecule has 33 heavy (non-hydrogen) atoms. The Balaban J connectivity index is 1.25. The SMILES string of the molecule is Cc1ccc2nc(-c3ccc(-c4ccc(O[C@H]5CC[C@](C)(C(=O)O)CC5)nc4)nc3)[nH]c2n1. The van der Waals surface area contributed by atoms with Gasteiger partial charge in [-0.15, -0.1) is 0 Å². The highest BCUT2D eigenvalue weighted by molar-refractivity contribution is 5.76. The molecule has 0 atom stereocenters. The molecule has 0 radical (unpaired) electrons. The van der Waals surface area contributed by atoms with Gasteiger partial charge in [-0.3, -0.25) is 9.78 Å². The number of hydrogen-bond donors (Lipinski definition) is 2. The number of H-pyrrole nitrogens is 1. The Morgan fingerprint density at radius 1 is 1.03 bits per heavy atom. The second-order valence-electron chi connectivity index (χ2n) is 8.91. The fourth-order valence-corrected chi connectivity index (χ4v) is 4.17. The molecule has 0 unspecified atom stereocenters. The number of rotatable bonds is 5. The summed E-state index contributed by atoms with van der Waals surface area (Å²) in [6, 6.07) is 11.6. The van der Waals surface area contributed by atoms with Crippen LogP contribution in [0.5, 0.6) is 5.88 Å². The number of pyridine rings is 3. The van der Waals surface area contributed by atoms with Crippen molar-refractivity contribution in [3.05, 3.63) is 54.5 Å². The average molecular weight is 444 g/mol. The van der Waals surface area contributed by atoms with Gasteiger partial charge in [0.05, 0.1) is 11.1 Å². The molecule has 1 aliphatic carbocycles. The topological polar surface area (TPSA) is 114 Å². The zero-order valence-corrected chi connectivity index (χ0v) is 18.6. The number of aliphatic carboxylic acids is 1. The van der Waals surface area contributed by atoms with Crippen LogP contribution in [0.4, 0.5) is 0 Å². The number of aryl methyl sites for hydroxylation is 1. The fourth-order valence-electron chi connectivity index (χ4n) is 4.17. The standard InChI is InChI=1S/C25H25N5O3/c1-15-3-6-20-23(28-15)30-22(29-20)17-4-7-19(26-14-17)16-5-8-21(27-13-16)33-18-9-11-25(2,12-10-18)24(31)32/h3-8,13-14,18H,9-12H2,1-2H3,(H,31,32)(H,28,29,30)/t18-,25-. The molecule has 0 aliphatic heterocycles. The third-order valence-corrected chi connectivity index (χ3v) is 6.39. The number of aromatic nitrogens is 5. The highest BCUT2D eigenvalue weighted by Crippen LogP contribution is 2.37. The van der Waals surface area contributed by atoms with Crippen molar-refractivity contribution in [3.63, 3.8) is 0 Å². The second kappa shape index (κ2) is 8.27. The number of ether oxygens (including phenoxy) is 1. The normalized spacial score (nSPS) is 20.6. The highest BCUT2D eigenvalue weighted by Gasteiger charge is 2.38. The van der Waals surface area contributed by atoms with E-state index < -0.39 is 11.4 Å². The maximum Gasteiger partial charge on any atom is 0.309 e. The maximum absolute atomic E-state index is 11.4. The number of carboxylic acids is 1. The van der Waals surface area contributed by atoms with E-state index >= 15 is 0 Å². The van der Waals surface area contributed by atoms with E-state index in [2.05, 4.69) is 24.9 Å². The zero-order chi connectivity index (χ0) is 23.0. The van der Waals surface area contributed by atoms with Gasteiger partial charge in [0.2, 0.25) is 5.88 Å². The summed E-state index contributed by atoms with van der Waals surface area (Å²) in [6.45, 7) is 3.76. The van der Waals surface area contributed by atoms with Crippen molar-refractivity contribution in [2.24, 2.45) is 5.41 Å². The molecule has 0 bridgehead atoms. The van der Waals surface area contributed by atoms with Gasteiger partial charge in [0, 0.05) is 35.3 Å². The summed E-state index contributed by atoms with van der Waals surface area (Å²) in [5, 5.41) is 9.37. The van der Waals surface area contributed by atoms with Crippen molar-refractivity contribution in [2.75, 3.05) is 0 Å². The van der Waals surface area contributed by atoms with E-state index in [0.717, 1.165) is 39.5 Å². The number of imidazole rings is 1. The molecule has 0 aromatic carbocycles. The van der Waals surface area contributed by atoms with E-state index in [-0.39, 0.29) is 6.10 Å². The lowest BCUT2D eigenvalue weighted by molar-refractivity contribution is -0.150. The third-order valence-electron chi connectivity index (χ3n) is 6.39. The number of aromatic amines is 1. The van der Waals surface area contributed by atoms with Crippen molar-refractivity contribution < 1.29 is 14.6 Å². The van der Waals surface area contributed by atoms with Gasteiger partial charge in [0.25, 0.3) is 0 Å². The van der Waals surface area contributed by atoms with Crippen LogP contribution in [0.3, 0.4) is 0 Å². The lowest BCUT2D eigenvalue weighted by atomic mass is 9.75. The molecule has 0 saturated heterocycles. The third kappa shape index (κ3) is 4.28. The fraction of sp³-hybridized carbons (Fsp3) is 0.320.